The van der Waals surface area contributed by atoms with Gasteiger partial charge in [-0.15, -0.1) is 10.2 Å². The molecular formula is C10H10N4O2. The lowest BCUT2D eigenvalue weighted by molar-refractivity contribution is 0.391. The molecule has 6 nitrogen and oxygen atoms in total. The van der Waals surface area contributed by atoms with Gasteiger partial charge in [0.1, 0.15) is 0 Å². The van der Waals surface area contributed by atoms with Crippen LogP contribution in [0.2, 0.25) is 0 Å². The van der Waals surface area contributed by atoms with Crippen LogP contribution in [0.5, 0.6) is 5.88 Å². The molecule has 0 saturated heterocycles. The number of rotatable bonds is 2. The fourth-order valence-electron chi connectivity index (χ4n) is 1.24. The van der Waals surface area contributed by atoms with Gasteiger partial charge in [0, 0.05) is 12.3 Å². The highest BCUT2D eigenvalue weighted by atomic mass is 16.5. The number of hydrogen-bond donors (Lipinski definition) is 1. The van der Waals surface area contributed by atoms with Gasteiger partial charge in [-0.1, -0.05) is 0 Å². The lowest BCUT2D eigenvalue weighted by Crippen LogP contribution is -2.21. The van der Waals surface area contributed by atoms with Crippen molar-refractivity contribution < 1.29 is 4.74 Å². The highest BCUT2D eigenvalue weighted by Crippen LogP contribution is 2.06. The average Bonchev–Trinajstić information content (AvgIpc) is 2.33. The van der Waals surface area contributed by atoms with Gasteiger partial charge in [0.05, 0.1) is 12.8 Å². The van der Waals surface area contributed by atoms with E-state index in [1.165, 1.54) is 17.7 Å². The van der Waals surface area contributed by atoms with Crippen molar-refractivity contribution in [2.24, 2.45) is 0 Å². The van der Waals surface area contributed by atoms with Crippen molar-refractivity contribution in [2.45, 2.75) is 0 Å². The van der Waals surface area contributed by atoms with Crippen LogP contribution in [0.25, 0.3) is 5.82 Å². The Kier molecular flexibility index (Phi) is 2.55. The number of pyridine rings is 1. The van der Waals surface area contributed by atoms with Gasteiger partial charge >= 0.3 is 0 Å². The number of hydrogen-bond acceptors (Lipinski definition) is 5. The van der Waals surface area contributed by atoms with Crippen molar-refractivity contribution in [3.63, 3.8) is 0 Å². The minimum absolute atomic E-state index is 0.167. The molecule has 0 saturated carbocycles. The Morgan fingerprint density at radius 2 is 2.12 bits per heavy atom. The van der Waals surface area contributed by atoms with Crippen molar-refractivity contribution in [2.75, 3.05) is 12.8 Å². The molecule has 0 atom stereocenters. The van der Waals surface area contributed by atoms with Crippen LogP contribution in [-0.2, 0) is 0 Å². The quantitative estimate of drug-likeness (QED) is 0.779. The van der Waals surface area contributed by atoms with Gasteiger partial charge in [0.2, 0.25) is 5.88 Å². The molecule has 6 heteroatoms. The van der Waals surface area contributed by atoms with Gasteiger partial charge in [0.15, 0.2) is 5.82 Å². The second-order valence-corrected chi connectivity index (χ2v) is 3.07. The Balaban J connectivity index is 2.51. The fourth-order valence-corrected chi connectivity index (χ4v) is 1.24. The summed E-state index contributed by atoms with van der Waals surface area (Å²) in [6.07, 6.45) is 1.58. The summed E-state index contributed by atoms with van der Waals surface area (Å²) in [7, 11) is 1.50. The molecule has 2 rings (SSSR count). The summed E-state index contributed by atoms with van der Waals surface area (Å²) in [6, 6.07) is 6.46. The number of ether oxygens (including phenoxy) is 1. The molecule has 0 aliphatic carbocycles. The number of anilines is 1. The molecule has 0 bridgehead atoms. The zero-order valence-electron chi connectivity index (χ0n) is 8.62. The molecule has 0 aliphatic heterocycles. The van der Waals surface area contributed by atoms with Gasteiger partial charge in [-0.2, -0.15) is 0 Å². The minimum Gasteiger partial charge on any atom is -0.480 e. The average molecular weight is 218 g/mol. The van der Waals surface area contributed by atoms with Crippen LogP contribution in [0.4, 0.5) is 5.69 Å². The van der Waals surface area contributed by atoms with Crippen LogP contribution in [-0.4, -0.2) is 21.9 Å². The molecule has 0 aliphatic rings. The van der Waals surface area contributed by atoms with Gasteiger partial charge < -0.3 is 10.5 Å². The molecule has 0 fully saturated rings. The first-order valence-corrected chi connectivity index (χ1v) is 4.57. The van der Waals surface area contributed by atoms with Gasteiger partial charge in [0.25, 0.3) is 5.56 Å². The third-order valence-corrected chi connectivity index (χ3v) is 2.06. The third-order valence-electron chi connectivity index (χ3n) is 2.06. The number of nitrogens with zero attached hydrogens (tertiary/aromatic N) is 3. The molecule has 2 aromatic rings. The van der Waals surface area contributed by atoms with Gasteiger partial charge in [-0.3, -0.25) is 9.36 Å². The van der Waals surface area contributed by atoms with E-state index in [4.69, 9.17) is 10.5 Å². The van der Waals surface area contributed by atoms with E-state index in [0.29, 0.717) is 11.7 Å². The number of nitrogen functional groups attached to an aromatic ring is 1. The van der Waals surface area contributed by atoms with Crippen LogP contribution >= 0.6 is 0 Å². The first-order valence-electron chi connectivity index (χ1n) is 4.57. The molecule has 0 radical (unpaired) electrons. The second-order valence-electron chi connectivity index (χ2n) is 3.07. The summed E-state index contributed by atoms with van der Waals surface area (Å²) in [5.74, 6) is 0.791. The maximum Gasteiger partial charge on any atom is 0.279 e. The summed E-state index contributed by atoms with van der Waals surface area (Å²) >= 11 is 0. The minimum atomic E-state index is -0.318. The summed E-state index contributed by atoms with van der Waals surface area (Å²) < 4.78 is 6.19. The lowest BCUT2D eigenvalue weighted by Gasteiger charge is -2.04. The molecule has 2 heterocycles. The summed E-state index contributed by atoms with van der Waals surface area (Å²) in [5, 5.41) is 7.63. The second kappa shape index (κ2) is 4.01. The Labute approximate surface area is 91.3 Å². The number of aromatic nitrogens is 3. The van der Waals surface area contributed by atoms with E-state index in [2.05, 4.69) is 10.2 Å². The Morgan fingerprint density at radius 1 is 1.31 bits per heavy atom. The smallest absolute Gasteiger partial charge is 0.279 e. The lowest BCUT2D eigenvalue weighted by atomic mass is 10.4. The molecule has 0 spiro atoms. The van der Waals surface area contributed by atoms with Crippen molar-refractivity contribution >= 4 is 5.69 Å². The maximum atomic E-state index is 11.7. The zero-order valence-corrected chi connectivity index (χ0v) is 8.62. The van der Waals surface area contributed by atoms with E-state index in [9.17, 15) is 4.79 Å². The molecule has 82 valence electrons. The highest BCUT2D eigenvalue weighted by molar-refractivity contribution is 5.37. The van der Waals surface area contributed by atoms with Crippen molar-refractivity contribution in [3.8, 4) is 11.7 Å². The first kappa shape index (κ1) is 10.2. The predicted octanol–water partition coefficient (Wildman–Crippen LogP) is 0.218. The Hall–Kier alpha value is -2.37. The third kappa shape index (κ3) is 1.72. The normalized spacial score (nSPS) is 10.1. The summed E-state index contributed by atoms with van der Waals surface area (Å²) in [5.41, 5.74) is 5.36. The Bertz CT molecular complexity index is 547. The molecular weight excluding hydrogens is 208 g/mol. The largest absolute Gasteiger partial charge is 0.480 e. The highest BCUT2D eigenvalue weighted by Gasteiger charge is 2.04. The fraction of sp³-hybridized carbons (Fsp3) is 0.100. The molecule has 2 N–H and O–H groups in total. The van der Waals surface area contributed by atoms with E-state index in [0.717, 1.165) is 0 Å². The van der Waals surface area contributed by atoms with Crippen LogP contribution < -0.4 is 16.0 Å². The van der Waals surface area contributed by atoms with Crippen molar-refractivity contribution in [1.29, 1.82) is 0 Å². The summed E-state index contributed by atoms with van der Waals surface area (Å²) in [6.45, 7) is 0. The molecule has 0 unspecified atom stereocenters. The van der Waals surface area contributed by atoms with Crippen LogP contribution in [0.1, 0.15) is 0 Å². The zero-order chi connectivity index (χ0) is 11.5. The SMILES string of the molecule is COc1ccc(-n2cccc(N)c2=O)nn1. The van der Waals surface area contributed by atoms with E-state index >= 15 is 0 Å². The van der Waals surface area contributed by atoms with Crippen molar-refractivity contribution in [3.05, 3.63) is 40.8 Å². The molecule has 2 aromatic heterocycles. The maximum absolute atomic E-state index is 11.7. The van der Waals surface area contributed by atoms with Gasteiger partial charge in [-0.25, -0.2) is 0 Å². The van der Waals surface area contributed by atoms with E-state index in [-0.39, 0.29) is 11.2 Å². The molecule has 16 heavy (non-hydrogen) atoms. The predicted molar refractivity (Wildman–Crippen MR) is 58.6 cm³/mol. The van der Waals surface area contributed by atoms with Gasteiger partial charge in [-0.05, 0) is 18.2 Å². The van der Waals surface area contributed by atoms with E-state index in [1.807, 2.05) is 0 Å². The summed E-state index contributed by atoms with van der Waals surface area (Å²) in [4.78, 5) is 11.7. The standard InChI is InChI=1S/C10H10N4O2/c1-16-9-5-4-8(12-13-9)14-6-2-3-7(11)10(14)15/h2-6H,11H2,1H3. The van der Waals surface area contributed by atoms with E-state index in [1.54, 1.807) is 24.4 Å². The Morgan fingerprint density at radius 3 is 2.75 bits per heavy atom. The topological polar surface area (TPSA) is 83.0 Å². The molecule has 0 aromatic carbocycles. The van der Waals surface area contributed by atoms with Crippen LogP contribution in [0.3, 0.4) is 0 Å². The number of methoxy groups -OCH3 is 1. The first-order chi connectivity index (χ1) is 7.72. The number of nitrogens with two attached hydrogens (primary N) is 1. The van der Waals surface area contributed by atoms with Crippen molar-refractivity contribution in [1.82, 2.24) is 14.8 Å². The monoisotopic (exact) mass is 218 g/mol. The molecule has 0 amide bonds. The van der Waals surface area contributed by atoms with Crippen LogP contribution in [0, 0.1) is 0 Å². The van der Waals surface area contributed by atoms with E-state index < -0.39 is 0 Å². The van der Waals surface area contributed by atoms with Crippen LogP contribution in [0.15, 0.2) is 35.3 Å².